The summed E-state index contributed by atoms with van der Waals surface area (Å²) in [5.41, 5.74) is 2.51. The van der Waals surface area contributed by atoms with Gasteiger partial charge in [0, 0.05) is 13.0 Å². The van der Waals surface area contributed by atoms with Gasteiger partial charge in [-0.05, 0) is 64.9 Å². The predicted octanol–water partition coefficient (Wildman–Crippen LogP) is 3.34. The van der Waals surface area contributed by atoms with Crippen LogP contribution < -0.4 is 10.6 Å². The molecule has 1 heterocycles. The van der Waals surface area contributed by atoms with E-state index >= 15 is 0 Å². The smallest absolute Gasteiger partial charge is 0.220 e. The molecule has 1 fully saturated rings. The molecule has 1 saturated heterocycles. The van der Waals surface area contributed by atoms with Crippen molar-refractivity contribution in [2.45, 2.75) is 38.6 Å². The first-order valence-electron chi connectivity index (χ1n) is 8.76. The normalized spacial score (nSPS) is 15.8. The number of piperidine rings is 1. The molecule has 1 atom stereocenters. The number of carbonyl (C=O) groups is 1. The highest BCUT2D eigenvalue weighted by molar-refractivity contribution is 5.85. The molecule has 0 saturated carbocycles. The summed E-state index contributed by atoms with van der Waals surface area (Å²) in [6.07, 6.45) is 4.08. The Hall–Kier alpha value is -0.810. The average Bonchev–Trinajstić information content (AvgIpc) is 2.55. The van der Waals surface area contributed by atoms with Crippen LogP contribution in [0.15, 0.2) is 24.3 Å². The van der Waals surface area contributed by atoms with Gasteiger partial charge in [0.05, 0.1) is 6.04 Å². The lowest BCUT2D eigenvalue weighted by molar-refractivity contribution is -0.121. The summed E-state index contributed by atoms with van der Waals surface area (Å²) in [5, 5.41) is 6.49. The van der Waals surface area contributed by atoms with E-state index in [4.69, 9.17) is 0 Å². The zero-order chi connectivity index (χ0) is 16.7. The molecule has 6 heteroatoms. The molecule has 0 bridgehead atoms. The van der Waals surface area contributed by atoms with E-state index in [1.54, 1.807) is 0 Å². The molecule has 0 radical (unpaired) electrons. The zero-order valence-electron chi connectivity index (χ0n) is 15.6. The number of amides is 1. The number of hydrogen-bond acceptors (Lipinski definition) is 3. The summed E-state index contributed by atoms with van der Waals surface area (Å²) in [6, 6.07) is 8.79. The highest BCUT2D eigenvalue weighted by Gasteiger charge is 2.17. The molecule has 0 aromatic heterocycles. The highest BCUT2D eigenvalue weighted by Crippen LogP contribution is 2.19. The number of rotatable bonds is 7. The number of likely N-dealkylation sites (N-methyl/N-ethyl adjacent to an activating group) is 1. The van der Waals surface area contributed by atoms with Crippen LogP contribution in [0.3, 0.4) is 0 Å². The van der Waals surface area contributed by atoms with Gasteiger partial charge < -0.3 is 15.5 Å². The van der Waals surface area contributed by atoms with Gasteiger partial charge in [0.1, 0.15) is 0 Å². The fraction of sp³-hybridized carbons (Fsp3) is 0.632. The van der Waals surface area contributed by atoms with E-state index in [2.05, 4.69) is 60.8 Å². The topological polar surface area (TPSA) is 44.4 Å². The van der Waals surface area contributed by atoms with Crippen molar-refractivity contribution in [1.82, 2.24) is 15.5 Å². The Labute approximate surface area is 164 Å². The lowest BCUT2D eigenvalue weighted by Crippen LogP contribution is -2.35. The average molecular weight is 390 g/mol. The molecule has 2 N–H and O–H groups in total. The molecule has 1 aliphatic rings. The minimum Gasteiger partial charge on any atom is -0.354 e. The first-order valence-corrected chi connectivity index (χ1v) is 8.76. The van der Waals surface area contributed by atoms with Crippen LogP contribution in [0, 0.1) is 12.8 Å². The number of benzene rings is 1. The Kier molecular flexibility index (Phi) is 12.1. The zero-order valence-corrected chi connectivity index (χ0v) is 17.2. The summed E-state index contributed by atoms with van der Waals surface area (Å²) in [5.74, 6) is 0.895. The van der Waals surface area contributed by atoms with Crippen molar-refractivity contribution in [2.75, 3.05) is 33.7 Å². The first-order chi connectivity index (χ1) is 11.1. The van der Waals surface area contributed by atoms with Crippen molar-refractivity contribution < 1.29 is 4.79 Å². The third-order valence-electron chi connectivity index (χ3n) is 4.82. The van der Waals surface area contributed by atoms with E-state index in [1.165, 1.54) is 24.0 Å². The van der Waals surface area contributed by atoms with E-state index in [1.807, 2.05) is 0 Å². The van der Waals surface area contributed by atoms with Gasteiger partial charge in [0.25, 0.3) is 0 Å². The standard InChI is InChI=1S/C19H31N3O.2ClH/c1-15-4-7-17(8-5-15)18(22(2)3)14-21-19(23)9-6-16-10-12-20-13-11-16;;/h4-5,7-8,16,18,20H,6,9-14H2,1-3H3,(H,21,23);2*1H. The number of nitrogens with zero attached hydrogens (tertiary/aromatic N) is 1. The Bertz CT molecular complexity index is 488. The Balaban J connectivity index is 0.00000288. The van der Waals surface area contributed by atoms with Gasteiger partial charge in [0.2, 0.25) is 5.91 Å². The molecule has 25 heavy (non-hydrogen) atoms. The van der Waals surface area contributed by atoms with Crippen molar-refractivity contribution in [1.29, 1.82) is 0 Å². The molecular weight excluding hydrogens is 357 g/mol. The maximum Gasteiger partial charge on any atom is 0.220 e. The van der Waals surface area contributed by atoms with Gasteiger partial charge in [-0.2, -0.15) is 0 Å². The second-order valence-electron chi connectivity index (χ2n) is 6.93. The van der Waals surface area contributed by atoms with Crippen LogP contribution in [0.2, 0.25) is 0 Å². The number of halogens is 2. The van der Waals surface area contributed by atoms with E-state index in [0.29, 0.717) is 18.9 Å². The van der Waals surface area contributed by atoms with Gasteiger partial charge in [-0.25, -0.2) is 0 Å². The minimum atomic E-state index is 0. The molecule has 2 rings (SSSR count). The molecule has 1 unspecified atom stereocenters. The SMILES string of the molecule is Cc1ccc(C(CNC(=O)CCC2CCNCC2)N(C)C)cc1.Cl.Cl. The first kappa shape index (κ1) is 24.2. The molecule has 1 aliphatic heterocycles. The van der Waals surface area contributed by atoms with Crippen LogP contribution in [-0.2, 0) is 4.79 Å². The number of carbonyl (C=O) groups excluding carboxylic acids is 1. The maximum absolute atomic E-state index is 12.2. The van der Waals surface area contributed by atoms with Crippen LogP contribution in [0.1, 0.15) is 42.9 Å². The molecular formula is C19H33Cl2N3O. The van der Waals surface area contributed by atoms with Crippen molar-refractivity contribution >= 4 is 30.7 Å². The van der Waals surface area contributed by atoms with Crippen LogP contribution >= 0.6 is 24.8 Å². The van der Waals surface area contributed by atoms with Gasteiger partial charge in [-0.15, -0.1) is 24.8 Å². The van der Waals surface area contributed by atoms with E-state index in [9.17, 15) is 4.79 Å². The quantitative estimate of drug-likeness (QED) is 0.751. The largest absolute Gasteiger partial charge is 0.354 e. The summed E-state index contributed by atoms with van der Waals surface area (Å²) in [4.78, 5) is 14.3. The van der Waals surface area contributed by atoms with E-state index in [-0.39, 0.29) is 36.8 Å². The Morgan fingerprint density at radius 1 is 1.20 bits per heavy atom. The van der Waals surface area contributed by atoms with Gasteiger partial charge in [-0.3, -0.25) is 4.79 Å². The fourth-order valence-corrected chi connectivity index (χ4v) is 3.19. The lowest BCUT2D eigenvalue weighted by atomic mass is 9.93. The van der Waals surface area contributed by atoms with Gasteiger partial charge >= 0.3 is 0 Å². The Morgan fingerprint density at radius 3 is 2.36 bits per heavy atom. The lowest BCUT2D eigenvalue weighted by Gasteiger charge is -2.26. The van der Waals surface area contributed by atoms with Crippen molar-refractivity contribution in [3.05, 3.63) is 35.4 Å². The summed E-state index contributed by atoms with van der Waals surface area (Å²) < 4.78 is 0. The summed E-state index contributed by atoms with van der Waals surface area (Å²) >= 11 is 0. The molecule has 144 valence electrons. The monoisotopic (exact) mass is 389 g/mol. The van der Waals surface area contributed by atoms with Crippen molar-refractivity contribution in [2.24, 2.45) is 5.92 Å². The molecule has 0 aliphatic carbocycles. The fourth-order valence-electron chi connectivity index (χ4n) is 3.19. The molecule has 0 spiro atoms. The third kappa shape index (κ3) is 8.41. The van der Waals surface area contributed by atoms with Crippen LogP contribution in [-0.4, -0.2) is 44.5 Å². The van der Waals surface area contributed by atoms with E-state index in [0.717, 1.165) is 19.5 Å². The number of aryl methyl sites for hydroxylation is 1. The van der Waals surface area contributed by atoms with Crippen LogP contribution in [0.4, 0.5) is 0 Å². The van der Waals surface area contributed by atoms with E-state index < -0.39 is 0 Å². The molecule has 1 aromatic carbocycles. The molecule has 1 amide bonds. The third-order valence-corrected chi connectivity index (χ3v) is 4.82. The molecule has 4 nitrogen and oxygen atoms in total. The van der Waals surface area contributed by atoms with Crippen LogP contribution in [0.25, 0.3) is 0 Å². The second-order valence-corrected chi connectivity index (χ2v) is 6.93. The van der Waals surface area contributed by atoms with Gasteiger partial charge in [-0.1, -0.05) is 29.8 Å². The summed E-state index contributed by atoms with van der Waals surface area (Å²) in [7, 11) is 4.12. The summed E-state index contributed by atoms with van der Waals surface area (Å²) in [6.45, 7) is 4.96. The maximum atomic E-state index is 12.2. The highest BCUT2D eigenvalue weighted by atomic mass is 35.5. The van der Waals surface area contributed by atoms with Crippen molar-refractivity contribution in [3.63, 3.8) is 0 Å². The minimum absolute atomic E-state index is 0. The van der Waals surface area contributed by atoms with Crippen LogP contribution in [0.5, 0.6) is 0 Å². The second kappa shape index (κ2) is 12.5. The number of hydrogen-bond donors (Lipinski definition) is 2. The molecule has 1 aromatic rings. The predicted molar refractivity (Wildman–Crippen MR) is 110 cm³/mol. The van der Waals surface area contributed by atoms with Crippen molar-refractivity contribution in [3.8, 4) is 0 Å². The number of nitrogens with one attached hydrogen (secondary N) is 2. The Morgan fingerprint density at radius 2 is 1.80 bits per heavy atom. The van der Waals surface area contributed by atoms with Gasteiger partial charge in [0.15, 0.2) is 0 Å².